The summed E-state index contributed by atoms with van der Waals surface area (Å²) in [5, 5.41) is 2.06. The van der Waals surface area contributed by atoms with Crippen LogP contribution in [0.15, 0.2) is 109 Å². The number of nitrogens with zero attached hydrogens (tertiary/aromatic N) is 3. The van der Waals surface area contributed by atoms with Crippen molar-refractivity contribution in [2.24, 2.45) is 0 Å². The Labute approximate surface area is 225 Å². The Hall–Kier alpha value is -4.71. The predicted octanol–water partition coefficient (Wildman–Crippen LogP) is 6.51. The Morgan fingerprint density at radius 2 is 1.51 bits per heavy atom. The fourth-order valence-electron chi connectivity index (χ4n) is 5.69. The van der Waals surface area contributed by atoms with E-state index in [1.54, 1.807) is 21.9 Å². The van der Waals surface area contributed by atoms with Crippen molar-refractivity contribution >= 4 is 28.3 Å². The van der Waals surface area contributed by atoms with E-state index in [0.717, 1.165) is 46.2 Å². The monoisotopic (exact) mass is 515 g/mol. The Kier molecular flexibility index (Phi) is 5.55. The van der Waals surface area contributed by atoms with Gasteiger partial charge in [0.2, 0.25) is 5.91 Å². The lowest BCUT2D eigenvalue weighted by Gasteiger charge is -2.39. The van der Waals surface area contributed by atoms with Crippen molar-refractivity contribution in [3.8, 4) is 5.69 Å². The quantitative estimate of drug-likeness (QED) is 0.268. The predicted molar refractivity (Wildman–Crippen MR) is 150 cm³/mol. The number of amides is 2. The fraction of sp³-hybridized carbons (Fsp3) is 0.152. The topological polar surface area (TPSA) is 45.6 Å². The molecule has 192 valence electrons. The van der Waals surface area contributed by atoms with Crippen molar-refractivity contribution in [1.82, 2.24) is 9.47 Å². The molecule has 0 bridgehead atoms. The average molecular weight is 516 g/mol. The molecule has 7 rings (SSSR count). The molecule has 2 aliphatic rings. The van der Waals surface area contributed by atoms with Crippen LogP contribution in [0.2, 0.25) is 0 Å². The standard InChI is InChI=1S/C33H26FN3O2/c34-26-15-13-23(14-16-26)32-30-10-5-19-35(30)28-8-3-4-9-29(28)37(32)31(38)21-36(27-17-18-27)33(39)25-12-11-22-6-1-2-7-24(22)20-25/h1-16,19-20,27,32H,17-18,21H2. The van der Waals surface area contributed by atoms with Gasteiger partial charge in [-0.05, 0) is 77.7 Å². The van der Waals surface area contributed by atoms with Gasteiger partial charge in [-0.2, -0.15) is 0 Å². The summed E-state index contributed by atoms with van der Waals surface area (Å²) >= 11 is 0. The Morgan fingerprint density at radius 1 is 0.795 bits per heavy atom. The molecule has 0 radical (unpaired) electrons. The minimum Gasteiger partial charge on any atom is -0.326 e. The normalized spacial score (nSPS) is 16.0. The molecule has 1 aliphatic carbocycles. The summed E-state index contributed by atoms with van der Waals surface area (Å²) in [7, 11) is 0. The SMILES string of the molecule is O=C(c1ccc2ccccc2c1)N(CC(=O)N1c2ccccc2-n2cccc2C1c1ccc(F)cc1)C1CC1. The van der Waals surface area contributed by atoms with Gasteiger partial charge in [0.1, 0.15) is 18.4 Å². The number of carbonyl (C=O) groups excluding carboxylic acids is 2. The number of fused-ring (bicyclic) bond motifs is 4. The Bertz CT molecular complexity index is 1720. The number of aromatic nitrogens is 1. The highest BCUT2D eigenvalue weighted by Gasteiger charge is 2.40. The maximum absolute atomic E-state index is 14.3. The molecule has 4 aromatic carbocycles. The second kappa shape index (κ2) is 9.24. The van der Waals surface area contributed by atoms with Crippen LogP contribution in [0, 0.1) is 5.82 Å². The first-order chi connectivity index (χ1) is 19.1. The largest absolute Gasteiger partial charge is 0.326 e. The zero-order chi connectivity index (χ0) is 26.5. The van der Waals surface area contributed by atoms with Gasteiger partial charge in [-0.3, -0.25) is 14.5 Å². The van der Waals surface area contributed by atoms with Gasteiger partial charge in [0.05, 0.1) is 17.1 Å². The van der Waals surface area contributed by atoms with Crippen LogP contribution in [0.25, 0.3) is 16.5 Å². The van der Waals surface area contributed by atoms with Gasteiger partial charge < -0.3 is 9.47 Å². The Balaban J connectivity index is 1.27. The van der Waals surface area contributed by atoms with E-state index in [4.69, 9.17) is 0 Å². The number of rotatable bonds is 5. The number of halogens is 1. The van der Waals surface area contributed by atoms with Crippen LogP contribution in [0.3, 0.4) is 0 Å². The van der Waals surface area contributed by atoms with E-state index in [1.165, 1.54) is 12.1 Å². The second-order valence-corrected chi connectivity index (χ2v) is 10.2. The molecule has 2 heterocycles. The van der Waals surface area contributed by atoms with Crippen molar-refractivity contribution < 1.29 is 14.0 Å². The zero-order valence-corrected chi connectivity index (χ0v) is 21.2. The van der Waals surface area contributed by atoms with Crippen LogP contribution in [0.1, 0.15) is 40.5 Å². The van der Waals surface area contributed by atoms with Crippen LogP contribution in [-0.4, -0.2) is 33.9 Å². The van der Waals surface area contributed by atoms with E-state index in [2.05, 4.69) is 4.57 Å². The molecule has 1 saturated carbocycles. The minimum absolute atomic E-state index is 0.0386. The van der Waals surface area contributed by atoms with Gasteiger partial charge in [-0.25, -0.2) is 4.39 Å². The molecule has 6 heteroatoms. The maximum Gasteiger partial charge on any atom is 0.254 e. The van der Waals surface area contributed by atoms with Gasteiger partial charge in [-0.15, -0.1) is 0 Å². The number of para-hydroxylation sites is 2. The Morgan fingerprint density at radius 3 is 2.28 bits per heavy atom. The smallest absolute Gasteiger partial charge is 0.254 e. The molecule has 1 fully saturated rings. The minimum atomic E-state index is -0.458. The van der Waals surface area contributed by atoms with E-state index >= 15 is 0 Å². The van der Waals surface area contributed by atoms with Crippen molar-refractivity contribution in [1.29, 1.82) is 0 Å². The molecule has 0 N–H and O–H groups in total. The third kappa shape index (κ3) is 4.09. The number of hydrogen-bond acceptors (Lipinski definition) is 2. The van der Waals surface area contributed by atoms with Gasteiger partial charge in [0.25, 0.3) is 5.91 Å². The summed E-state index contributed by atoms with van der Waals surface area (Å²) in [5.74, 6) is -0.641. The number of hydrogen-bond donors (Lipinski definition) is 0. The molecular formula is C33H26FN3O2. The molecule has 1 atom stereocenters. The lowest BCUT2D eigenvalue weighted by Crippen LogP contribution is -2.47. The van der Waals surface area contributed by atoms with Crippen molar-refractivity contribution in [3.05, 3.63) is 132 Å². The highest BCUT2D eigenvalue weighted by atomic mass is 19.1. The molecule has 5 aromatic rings. The first-order valence-electron chi connectivity index (χ1n) is 13.2. The van der Waals surface area contributed by atoms with E-state index < -0.39 is 6.04 Å². The molecule has 0 spiro atoms. The molecule has 0 saturated heterocycles. The van der Waals surface area contributed by atoms with E-state index in [9.17, 15) is 14.0 Å². The van der Waals surface area contributed by atoms with Gasteiger partial charge in [-0.1, -0.05) is 54.6 Å². The highest BCUT2D eigenvalue weighted by molar-refractivity contribution is 6.04. The maximum atomic E-state index is 14.3. The van der Waals surface area contributed by atoms with Crippen LogP contribution in [0.4, 0.5) is 10.1 Å². The molecule has 1 aliphatic heterocycles. The summed E-state index contributed by atoms with van der Waals surface area (Å²) in [4.78, 5) is 31.6. The molecule has 5 nitrogen and oxygen atoms in total. The summed E-state index contributed by atoms with van der Waals surface area (Å²) in [5.41, 5.74) is 3.94. The van der Waals surface area contributed by atoms with Crippen molar-refractivity contribution in [2.45, 2.75) is 24.9 Å². The lowest BCUT2D eigenvalue weighted by molar-refractivity contribution is -0.119. The zero-order valence-electron chi connectivity index (χ0n) is 21.2. The third-order valence-electron chi connectivity index (χ3n) is 7.72. The molecule has 1 unspecified atom stereocenters. The van der Waals surface area contributed by atoms with E-state index in [0.29, 0.717) is 5.56 Å². The number of benzene rings is 4. The van der Waals surface area contributed by atoms with E-state index in [-0.39, 0.29) is 30.2 Å². The lowest BCUT2D eigenvalue weighted by atomic mass is 9.97. The summed E-state index contributed by atoms with van der Waals surface area (Å²) in [6.45, 7) is -0.0386. The van der Waals surface area contributed by atoms with Crippen LogP contribution >= 0.6 is 0 Å². The van der Waals surface area contributed by atoms with Crippen LogP contribution < -0.4 is 4.90 Å². The molecule has 2 amide bonds. The summed E-state index contributed by atoms with van der Waals surface area (Å²) < 4.78 is 15.9. The van der Waals surface area contributed by atoms with Crippen molar-refractivity contribution in [3.63, 3.8) is 0 Å². The second-order valence-electron chi connectivity index (χ2n) is 10.2. The van der Waals surface area contributed by atoms with Gasteiger partial charge >= 0.3 is 0 Å². The van der Waals surface area contributed by atoms with Gasteiger partial charge in [0, 0.05) is 17.8 Å². The van der Waals surface area contributed by atoms with Crippen LogP contribution in [0.5, 0.6) is 0 Å². The molecule has 1 aromatic heterocycles. The number of anilines is 1. The van der Waals surface area contributed by atoms with Gasteiger partial charge in [0.15, 0.2) is 0 Å². The number of carbonyl (C=O) groups is 2. The summed E-state index contributed by atoms with van der Waals surface area (Å²) in [6, 6.07) is 31.2. The fourth-order valence-corrected chi connectivity index (χ4v) is 5.69. The third-order valence-corrected chi connectivity index (χ3v) is 7.72. The highest BCUT2D eigenvalue weighted by Crippen LogP contribution is 2.42. The van der Waals surface area contributed by atoms with Crippen LogP contribution in [-0.2, 0) is 4.79 Å². The van der Waals surface area contributed by atoms with Crippen molar-refractivity contribution in [2.75, 3.05) is 11.4 Å². The first kappa shape index (κ1) is 23.4. The summed E-state index contributed by atoms with van der Waals surface area (Å²) in [6.07, 6.45) is 3.74. The first-order valence-corrected chi connectivity index (χ1v) is 13.2. The average Bonchev–Trinajstić information content (AvgIpc) is 3.70. The molecule has 39 heavy (non-hydrogen) atoms. The van der Waals surface area contributed by atoms with E-state index in [1.807, 2.05) is 85.1 Å². The molecular weight excluding hydrogens is 489 g/mol.